The molecule has 0 aromatic carbocycles. The minimum absolute atomic E-state index is 0.353. The first-order chi connectivity index (χ1) is 4.41. The molecule has 0 aliphatic carbocycles. The predicted molar refractivity (Wildman–Crippen MR) is 39.4 cm³/mol. The molecule has 2 heteroatoms. The van der Waals surface area contributed by atoms with Crippen molar-refractivity contribution < 1.29 is 4.74 Å². The number of unbranched alkanes of at least 4 members (excludes halogenated alkanes) is 1. The van der Waals surface area contributed by atoms with E-state index in [0.29, 0.717) is 5.88 Å². The number of alkyl halides is 1. The van der Waals surface area contributed by atoms with E-state index in [-0.39, 0.29) is 0 Å². The first-order valence-corrected chi connectivity index (χ1v) is 3.61. The van der Waals surface area contributed by atoms with Gasteiger partial charge in [-0.05, 0) is 12.3 Å². The van der Waals surface area contributed by atoms with Gasteiger partial charge in [-0.3, -0.25) is 0 Å². The monoisotopic (exact) mass is 146 g/mol. The van der Waals surface area contributed by atoms with Crippen molar-refractivity contribution in [2.75, 3.05) is 12.5 Å². The van der Waals surface area contributed by atoms with Crippen LogP contribution in [0.1, 0.15) is 19.8 Å². The minimum atomic E-state index is 0.353. The average Bonchev–Trinajstić information content (AvgIpc) is 1.89. The van der Waals surface area contributed by atoms with E-state index in [1.807, 2.05) is 0 Å². The molecule has 0 atom stereocenters. The maximum Gasteiger partial charge on any atom is 0.111 e. The molecular weight excluding hydrogens is 136 g/mol. The zero-order valence-corrected chi connectivity index (χ0v) is 6.37. The Bertz CT molecular complexity index is 101. The number of rotatable bonds is 3. The molecule has 0 unspecified atom stereocenters. The quantitative estimate of drug-likeness (QED) is 0.336. The molecular formula is C7H11ClO. The number of hydrogen-bond donors (Lipinski definition) is 0. The van der Waals surface area contributed by atoms with Crippen LogP contribution in [-0.2, 0) is 4.74 Å². The summed E-state index contributed by atoms with van der Waals surface area (Å²) in [6, 6.07) is 0. The molecule has 0 fully saturated rings. The summed E-state index contributed by atoms with van der Waals surface area (Å²) in [7, 11) is 0. The fourth-order valence-electron chi connectivity index (χ4n) is 0.346. The lowest BCUT2D eigenvalue weighted by Gasteiger charge is -1.91. The van der Waals surface area contributed by atoms with E-state index in [0.717, 1.165) is 19.4 Å². The van der Waals surface area contributed by atoms with Gasteiger partial charge in [-0.1, -0.05) is 13.3 Å². The molecule has 0 aromatic rings. The Morgan fingerprint density at radius 1 is 1.56 bits per heavy atom. The lowest BCUT2D eigenvalue weighted by Crippen LogP contribution is -1.85. The van der Waals surface area contributed by atoms with Gasteiger partial charge >= 0.3 is 0 Å². The molecule has 0 amide bonds. The molecule has 0 N–H and O–H groups in total. The summed E-state index contributed by atoms with van der Waals surface area (Å²) in [4.78, 5) is 0. The van der Waals surface area contributed by atoms with Gasteiger partial charge in [-0.25, -0.2) is 0 Å². The molecule has 0 aliphatic heterocycles. The van der Waals surface area contributed by atoms with Crippen molar-refractivity contribution in [2.45, 2.75) is 19.8 Å². The van der Waals surface area contributed by atoms with Crippen LogP contribution in [0.25, 0.3) is 0 Å². The van der Waals surface area contributed by atoms with Gasteiger partial charge in [0, 0.05) is 0 Å². The second-order valence-corrected chi connectivity index (χ2v) is 1.88. The van der Waals surface area contributed by atoms with Crippen LogP contribution in [0.4, 0.5) is 0 Å². The van der Waals surface area contributed by atoms with Gasteiger partial charge in [0.15, 0.2) is 0 Å². The Hall–Kier alpha value is -0.350. The van der Waals surface area contributed by atoms with Crippen LogP contribution in [0.15, 0.2) is 0 Å². The van der Waals surface area contributed by atoms with E-state index < -0.39 is 0 Å². The van der Waals surface area contributed by atoms with Crippen LogP contribution in [0.5, 0.6) is 0 Å². The molecule has 9 heavy (non-hydrogen) atoms. The highest BCUT2D eigenvalue weighted by Crippen LogP contribution is 1.85. The normalized spacial score (nSPS) is 7.78. The highest BCUT2D eigenvalue weighted by molar-refractivity contribution is 6.19. The molecule has 0 bridgehead atoms. The Labute approximate surface area is 61.3 Å². The van der Waals surface area contributed by atoms with E-state index in [4.69, 9.17) is 16.3 Å². The summed E-state index contributed by atoms with van der Waals surface area (Å²) in [6.07, 6.45) is 4.70. The third kappa shape index (κ3) is 7.65. The van der Waals surface area contributed by atoms with E-state index >= 15 is 0 Å². The summed E-state index contributed by atoms with van der Waals surface area (Å²) in [6.45, 7) is 2.83. The molecule has 0 rings (SSSR count). The molecule has 1 nitrogen and oxygen atoms in total. The molecule has 0 saturated carbocycles. The van der Waals surface area contributed by atoms with Gasteiger partial charge in [-0.2, -0.15) is 0 Å². The fraction of sp³-hybridized carbons (Fsp3) is 0.714. The summed E-state index contributed by atoms with van der Waals surface area (Å²) >= 11 is 5.26. The molecule has 0 aliphatic rings. The summed E-state index contributed by atoms with van der Waals surface area (Å²) in [5.74, 6) is 2.95. The largest absolute Gasteiger partial charge is 0.447 e. The van der Waals surface area contributed by atoms with E-state index in [2.05, 4.69) is 19.0 Å². The second kappa shape index (κ2) is 7.65. The Kier molecular flexibility index (Phi) is 7.35. The van der Waals surface area contributed by atoms with Gasteiger partial charge in [0.05, 0.1) is 5.88 Å². The SMILES string of the molecule is CCCCOC#CCCl. The fourth-order valence-corrected chi connectivity index (χ4v) is 0.400. The summed E-state index contributed by atoms with van der Waals surface area (Å²) in [5.41, 5.74) is 0. The standard InChI is InChI=1S/C7H11ClO/c1-2-3-6-9-7-4-5-8/h2-3,5-6H2,1H3. The minimum Gasteiger partial charge on any atom is -0.447 e. The van der Waals surface area contributed by atoms with Crippen LogP contribution in [-0.4, -0.2) is 12.5 Å². The Morgan fingerprint density at radius 2 is 2.33 bits per heavy atom. The summed E-state index contributed by atoms with van der Waals surface area (Å²) in [5, 5.41) is 0. The average molecular weight is 147 g/mol. The lowest BCUT2D eigenvalue weighted by molar-refractivity contribution is 0.270. The van der Waals surface area contributed by atoms with E-state index in [1.54, 1.807) is 0 Å². The van der Waals surface area contributed by atoms with E-state index in [1.165, 1.54) is 0 Å². The van der Waals surface area contributed by atoms with Crippen molar-refractivity contribution in [3.05, 3.63) is 0 Å². The van der Waals surface area contributed by atoms with Crippen molar-refractivity contribution in [3.8, 4) is 12.0 Å². The van der Waals surface area contributed by atoms with Crippen molar-refractivity contribution >= 4 is 11.6 Å². The third-order valence-electron chi connectivity index (χ3n) is 0.811. The van der Waals surface area contributed by atoms with Crippen LogP contribution in [0, 0.1) is 12.0 Å². The van der Waals surface area contributed by atoms with Crippen LogP contribution < -0.4 is 0 Å². The van der Waals surface area contributed by atoms with Crippen LogP contribution in [0.2, 0.25) is 0 Å². The third-order valence-corrected chi connectivity index (χ3v) is 0.945. The molecule has 0 saturated heterocycles. The predicted octanol–water partition coefficient (Wildman–Crippen LogP) is 2.00. The highest BCUT2D eigenvalue weighted by atomic mass is 35.5. The van der Waals surface area contributed by atoms with Gasteiger partial charge in [-0.15, -0.1) is 11.6 Å². The first-order valence-electron chi connectivity index (χ1n) is 3.07. The smallest absolute Gasteiger partial charge is 0.111 e. The maximum atomic E-state index is 5.26. The molecule has 0 heterocycles. The number of ether oxygens (including phenoxy) is 1. The number of halogens is 1. The summed E-state index contributed by atoms with van der Waals surface area (Å²) < 4.78 is 4.87. The molecule has 0 spiro atoms. The second-order valence-electron chi connectivity index (χ2n) is 1.61. The Balaban J connectivity index is 2.90. The molecule has 0 radical (unpaired) electrons. The van der Waals surface area contributed by atoms with Crippen LogP contribution >= 0.6 is 11.6 Å². The van der Waals surface area contributed by atoms with Crippen molar-refractivity contribution in [1.82, 2.24) is 0 Å². The van der Waals surface area contributed by atoms with Crippen molar-refractivity contribution in [2.24, 2.45) is 0 Å². The van der Waals surface area contributed by atoms with Crippen LogP contribution in [0.3, 0.4) is 0 Å². The molecule has 52 valence electrons. The Morgan fingerprint density at radius 3 is 2.89 bits per heavy atom. The first kappa shape index (κ1) is 8.65. The highest BCUT2D eigenvalue weighted by Gasteiger charge is 1.78. The maximum absolute atomic E-state index is 5.26. The zero-order valence-electron chi connectivity index (χ0n) is 5.61. The van der Waals surface area contributed by atoms with Crippen molar-refractivity contribution in [3.63, 3.8) is 0 Å². The number of hydrogen-bond acceptors (Lipinski definition) is 1. The van der Waals surface area contributed by atoms with Gasteiger partial charge < -0.3 is 4.74 Å². The van der Waals surface area contributed by atoms with E-state index in [9.17, 15) is 0 Å². The lowest BCUT2D eigenvalue weighted by atomic mass is 10.4. The van der Waals surface area contributed by atoms with Gasteiger partial charge in [0.2, 0.25) is 0 Å². The molecule has 0 aromatic heterocycles. The van der Waals surface area contributed by atoms with Gasteiger partial charge in [0.1, 0.15) is 12.7 Å². The zero-order chi connectivity index (χ0) is 6.95. The van der Waals surface area contributed by atoms with Crippen molar-refractivity contribution in [1.29, 1.82) is 0 Å². The van der Waals surface area contributed by atoms with Gasteiger partial charge in [0.25, 0.3) is 0 Å². The topological polar surface area (TPSA) is 9.23 Å².